The minimum atomic E-state index is 1.02. The summed E-state index contributed by atoms with van der Waals surface area (Å²) in [5, 5.41) is 0. The van der Waals surface area contributed by atoms with Gasteiger partial charge in [0.2, 0.25) is 0 Å². The quantitative estimate of drug-likeness (QED) is 0.677. The normalized spacial score (nSPS) is 18.3. The summed E-state index contributed by atoms with van der Waals surface area (Å²) in [6.07, 6.45) is 6.57. The summed E-state index contributed by atoms with van der Waals surface area (Å²) < 4.78 is 0. The highest BCUT2D eigenvalue weighted by Gasteiger charge is 2.10. The Morgan fingerprint density at radius 1 is 1.23 bits per heavy atom. The first-order chi connectivity index (χ1) is 6.47. The summed E-state index contributed by atoms with van der Waals surface area (Å²) in [4.78, 5) is 10.7. The zero-order chi connectivity index (χ0) is 8.93. The molecule has 13 heavy (non-hydrogen) atoms. The van der Waals surface area contributed by atoms with Crippen molar-refractivity contribution in [2.45, 2.75) is 6.42 Å². The molecule has 0 atom stereocenters. The lowest BCUT2D eigenvalue weighted by Crippen LogP contribution is -2.26. The smallest absolute Gasteiger partial charge is 0.147 e. The van der Waals surface area contributed by atoms with Crippen LogP contribution < -0.4 is 4.90 Å². The van der Waals surface area contributed by atoms with E-state index in [1.54, 1.807) is 12.4 Å². The van der Waals surface area contributed by atoms with E-state index in [1.165, 1.54) is 17.9 Å². The molecular formula is C9H13N3S. The van der Waals surface area contributed by atoms with Crippen molar-refractivity contribution >= 4 is 17.6 Å². The van der Waals surface area contributed by atoms with Gasteiger partial charge in [0, 0.05) is 31.2 Å². The Bertz CT molecular complexity index is 244. The third-order valence-electron chi connectivity index (χ3n) is 2.10. The number of hydrogen-bond acceptors (Lipinski definition) is 4. The first-order valence-electron chi connectivity index (χ1n) is 4.55. The maximum absolute atomic E-state index is 4.30. The van der Waals surface area contributed by atoms with Crippen molar-refractivity contribution in [1.29, 1.82) is 0 Å². The zero-order valence-corrected chi connectivity index (χ0v) is 8.33. The van der Waals surface area contributed by atoms with E-state index in [0.717, 1.165) is 18.9 Å². The van der Waals surface area contributed by atoms with Crippen molar-refractivity contribution in [3.8, 4) is 0 Å². The lowest BCUT2D eigenvalue weighted by Gasteiger charge is -2.19. The number of thioether (sulfide) groups is 1. The van der Waals surface area contributed by atoms with Crippen molar-refractivity contribution in [3.63, 3.8) is 0 Å². The van der Waals surface area contributed by atoms with Gasteiger partial charge in [0.25, 0.3) is 0 Å². The fourth-order valence-corrected chi connectivity index (χ4v) is 2.32. The van der Waals surface area contributed by atoms with Gasteiger partial charge in [-0.15, -0.1) is 0 Å². The van der Waals surface area contributed by atoms with Crippen LogP contribution in [0.5, 0.6) is 0 Å². The number of rotatable bonds is 1. The standard InChI is InChI=1S/C9H13N3S/c1-4-12(5-7-13-6-1)9-8-10-2-3-11-9/h2-3,8H,1,4-7H2. The zero-order valence-electron chi connectivity index (χ0n) is 7.52. The molecule has 0 unspecified atom stereocenters. The van der Waals surface area contributed by atoms with Crippen molar-refractivity contribution in [2.75, 3.05) is 29.5 Å². The van der Waals surface area contributed by atoms with E-state index in [-0.39, 0.29) is 0 Å². The summed E-state index contributed by atoms with van der Waals surface area (Å²) in [6.45, 7) is 2.22. The maximum atomic E-state index is 4.30. The highest BCUT2D eigenvalue weighted by Crippen LogP contribution is 2.15. The molecule has 4 heteroatoms. The van der Waals surface area contributed by atoms with Gasteiger partial charge < -0.3 is 4.90 Å². The number of hydrogen-bond donors (Lipinski definition) is 0. The van der Waals surface area contributed by atoms with Crippen LogP contribution in [-0.2, 0) is 0 Å². The molecule has 1 aliphatic rings. The molecule has 0 radical (unpaired) electrons. The third kappa shape index (κ3) is 2.34. The second kappa shape index (κ2) is 4.46. The molecule has 0 aliphatic carbocycles. The highest BCUT2D eigenvalue weighted by atomic mass is 32.2. The molecule has 0 amide bonds. The Morgan fingerprint density at radius 3 is 3.08 bits per heavy atom. The molecule has 1 aromatic rings. The van der Waals surface area contributed by atoms with Crippen LogP contribution in [-0.4, -0.2) is 34.6 Å². The van der Waals surface area contributed by atoms with Crippen LogP contribution in [0.2, 0.25) is 0 Å². The fraction of sp³-hybridized carbons (Fsp3) is 0.556. The lowest BCUT2D eigenvalue weighted by molar-refractivity contribution is 0.797. The minimum Gasteiger partial charge on any atom is -0.354 e. The van der Waals surface area contributed by atoms with E-state index in [1.807, 2.05) is 18.0 Å². The van der Waals surface area contributed by atoms with E-state index < -0.39 is 0 Å². The molecule has 0 N–H and O–H groups in total. The van der Waals surface area contributed by atoms with Crippen LogP contribution in [0.3, 0.4) is 0 Å². The summed E-state index contributed by atoms with van der Waals surface area (Å²) in [6, 6.07) is 0. The summed E-state index contributed by atoms with van der Waals surface area (Å²) in [5.41, 5.74) is 0. The first-order valence-corrected chi connectivity index (χ1v) is 5.71. The molecule has 70 valence electrons. The molecule has 1 aliphatic heterocycles. The highest BCUT2D eigenvalue weighted by molar-refractivity contribution is 7.99. The summed E-state index contributed by atoms with van der Waals surface area (Å²) in [5.74, 6) is 3.50. The second-order valence-electron chi connectivity index (χ2n) is 3.02. The Kier molecular flexibility index (Phi) is 3.02. The van der Waals surface area contributed by atoms with Gasteiger partial charge in [-0.05, 0) is 12.2 Å². The Hall–Kier alpha value is -0.770. The Morgan fingerprint density at radius 2 is 2.23 bits per heavy atom. The molecule has 3 nitrogen and oxygen atoms in total. The molecular weight excluding hydrogens is 182 g/mol. The second-order valence-corrected chi connectivity index (χ2v) is 4.24. The molecule has 2 rings (SSSR count). The van der Waals surface area contributed by atoms with Gasteiger partial charge >= 0.3 is 0 Å². The molecule has 2 heterocycles. The van der Waals surface area contributed by atoms with Crippen LogP contribution in [0.25, 0.3) is 0 Å². The van der Waals surface area contributed by atoms with Crippen molar-refractivity contribution in [2.24, 2.45) is 0 Å². The van der Waals surface area contributed by atoms with Crippen LogP contribution >= 0.6 is 11.8 Å². The lowest BCUT2D eigenvalue weighted by atomic mass is 10.4. The van der Waals surface area contributed by atoms with E-state index in [2.05, 4.69) is 14.9 Å². The third-order valence-corrected chi connectivity index (χ3v) is 3.14. The van der Waals surface area contributed by atoms with E-state index >= 15 is 0 Å². The van der Waals surface area contributed by atoms with E-state index in [4.69, 9.17) is 0 Å². The van der Waals surface area contributed by atoms with Crippen molar-refractivity contribution in [1.82, 2.24) is 9.97 Å². The van der Waals surface area contributed by atoms with Crippen molar-refractivity contribution < 1.29 is 0 Å². The molecule has 1 saturated heterocycles. The van der Waals surface area contributed by atoms with Gasteiger partial charge in [-0.25, -0.2) is 4.98 Å². The predicted molar refractivity (Wildman–Crippen MR) is 56.2 cm³/mol. The average Bonchev–Trinajstić information content (AvgIpc) is 2.47. The maximum Gasteiger partial charge on any atom is 0.147 e. The van der Waals surface area contributed by atoms with Gasteiger partial charge in [-0.1, -0.05) is 0 Å². The van der Waals surface area contributed by atoms with E-state index in [9.17, 15) is 0 Å². The van der Waals surface area contributed by atoms with Gasteiger partial charge in [0.1, 0.15) is 5.82 Å². The van der Waals surface area contributed by atoms with Gasteiger partial charge in [-0.2, -0.15) is 11.8 Å². The van der Waals surface area contributed by atoms with Gasteiger partial charge in [-0.3, -0.25) is 4.98 Å². The van der Waals surface area contributed by atoms with Gasteiger partial charge in [0.15, 0.2) is 0 Å². The molecule has 0 saturated carbocycles. The minimum absolute atomic E-state index is 1.02. The fourth-order valence-electron chi connectivity index (χ4n) is 1.43. The SMILES string of the molecule is c1cnc(N2CCCSCC2)cn1. The predicted octanol–water partition coefficient (Wildman–Crippen LogP) is 1.42. The number of anilines is 1. The monoisotopic (exact) mass is 195 g/mol. The molecule has 0 spiro atoms. The molecule has 0 bridgehead atoms. The molecule has 1 aromatic heterocycles. The first kappa shape index (κ1) is 8.81. The molecule has 0 aromatic carbocycles. The number of aromatic nitrogens is 2. The molecule has 1 fully saturated rings. The van der Waals surface area contributed by atoms with Crippen LogP contribution in [0.15, 0.2) is 18.6 Å². The Labute approximate surface area is 82.6 Å². The largest absolute Gasteiger partial charge is 0.354 e. The average molecular weight is 195 g/mol. The van der Waals surface area contributed by atoms with Crippen LogP contribution in [0.1, 0.15) is 6.42 Å². The topological polar surface area (TPSA) is 29.0 Å². The number of nitrogens with zero attached hydrogens (tertiary/aromatic N) is 3. The van der Waals surface area contributed by atoms with E-state index in [0.29, 0.717) is 0 Å². The summed E-state index contributed by atoms with van der Waals surface area (Å²) >= 11 is 2.02. The Balaban J connectivity index is 2.06. The summed E-state index contributed by atoms with van der Waals surface area (Å²) in [7, 11) is 0. The van der Waals surface area contributed by atoms with Crippen LogP contribution in [0, 0.1) is 0 Å². The van der Waals surface area contributed by atoms with Crippen LogP contribution in [0.4, 0.5) is 5.82 Å². The van der Waals surface area contributed by atoms with Gasteiger partial charge in [0.05, 0.1) is 6.20 Å². The van der Waals surface area contributed by atoms with Crippen molar-refractivity contribution in [3.05, 3.63) is 18.6 Å².